The standard InChI is InChI=1S/C11H11NO3/c13-7-6-12-10(15)5-4-8-2-1-3-9(14)11(8)12/h1-5,13-14H,6-7H2. The van der Waals surface area contributed by atoms with Crippen LogP contribution in [0.1, 0.15) is 0 Å². The lowest BCUT2D eigenvalue weighted by Gasteiger charge is -2.09. The lowest BCUT2D eigenvalue weighted by Crippen LogP contribution is -2.20. The Morgan fingerprint density at radius 3 is 2.73 bits per heavy atom. The predicted octanol–water partition coefficient (Wildman–Crippen LogP) is 0.699. The van der Waals surface area contributed by atoms with Gasteiger partial charge < -0.3 is 14.8 Å². The summed E-state index contributed by atoms with van der Waals surface area (Å²) in [6, 6.07) is 8.13. The number of phenolic OH excluding ortho intramolecular Hbond substituents is 1. The monoisotopic (exact) mass is 205 g/mol. The van der Waals surface area contributed by atoms with Crippen molar-refractivity contribution in [2.45, 2.75) is 6.54 Å². The van der Waals surface area contributed by atoms with Crippen molar-refractivity contribution in [3.63, 3.8) is 0 Å². The largest absolute Gasteiger partial charge is 0.506 e. The van der Waals surface area contributed by atoms with Crippen molar-refractivity contribution in [1.82, 2.24) is 4.57 Å². The Morgan fingerprint density at radius 1 is 1.20 bits per heavy atom. The van der Waals surface area contributed by atoms with Gasteiger partial charge in [-0.3, -0.25) is 4.79 Å². The second kappa shape index (κ2) is 3.74. The highest BCUT2D eigenvalue weighted by molar-refractivity contribution is 5.84. The molecule has 0 spiro atoms. The quantitative estimate of drug-likeness (QED) is 0.758. The zero-order valence-electron chi connectivity index (χ0n) is 8.05. The highest BCUT2D eigenvalue weighted by atomic mass is 16.3. The van der Waals surface area contributed by atoms with Crippen LogP contribution in [0.15, 0.2) is 35.1 Å². The Labute approximate surface area is 86.0 Å². The summed E-state index contributed by atoms with van der Waals surface area (Å²) in [4.78, 5) is 11.5. The minimum atomic E-state index is -0.224. The van der Waals surface area contributed by atoms with E-state index >= 15 is 0 Å². The number of nitrogens with zero attached hydrogens (tertiary/aromatic N) is 1. The number of hydrogen-bond acceptors (Lipinski definition) is 3. The summed E-state index contributed by atoms with van der Waals surface area (Å²) in [5, 5.41) is 19.3. The molecule has 2 rings (SSSR count). The van der Waals surface area contributed by atoms with Gasteiger partial charge in [0.15, 0.2) is 0 Å². The molecule has 1 heterocycles. The van der Waals surface area contributed by atoms with Gasteiger partial charge in [0.05, 0.1) is 12.1 Å². The lowest BCUT2D eigenvalue weighted by atomic mass is 10.2. The molecular formula is C11H11NO3. The second-order valence-corrected chi connectivity index (χ2v) is 3.26. The van der Waals surface area contributed by atoms with E-state index in [0.717, 1.165) is 5.39 Å². The Balaban J connectivity index is 2.85. The van der Waals surface area contributed by atoms with E-state index in [9.17, 15) is 9.90 Å². The molecule has 0 aliphatic carbocycles. The molecule has 2 N–H and O–H groups in total. The van der Waals surface area contributed by atoms with Gasteiger partial charge in [-0.25, -0.2) is 0 Å². The molecular weight excluding hydrogens is 194 g/mol. The van der Waals surface area contributed by atoms with Crippen molar-refractivity contribution in [2.24, 2.45) is 0 Å². The fourth-order valence-electron chi connectivity index (χ4n) is 1.66. The van der Waals surface area contributed by atoms with E-state index in [1.807, 2.05) is 6.07 Å². The molecule has 0 aliphatic rings. The molecule has 0 bridgehead atoms. The predicted molar refractivity (Wildman–Crippen MR) is 57.0 cm³/mol. The van der Waals surface area contributed by atoms with Crippen LogP contribution < -0.4 is 5.56 Å². The van der Waals surface area contributed by atoms with Crippen molar-refractivity contribution in [2.75, 3.05) is 6.61 Å². The van der Waals surface area contributed by atoms with Crippen LogP contribution in [-0.4, -0.2) is 21.4 Å². The van der Waals surface area contributed by atoms with Crippen LogP contribution >= 0.6 is 0 Å². The van der Waals surface area contributed by atoms with Crippen LogP contribution in [-0.2, 0) is 6.54 Å². The third-order valence-corrected chi connectivity index (χ3v) is 2.31. The minimum Gasteiger partial charge on any atom is -0.506 e. The lowest BCUT2D eigenvalue weighted by molar-refractivity contribution is 0.276. The van der Waals surface area contributed by atoms with E-state index in [0.29, 0.717) is 5.52 Å². The maximum Gasteiger partial charge on any atom is 0.251 e. The summed E-state index contributed by atoms with van der Waals surface area (Å²) in [5.74, 6) is 0.0543. The Hall–Kier alpha value is -1.81. The van der Waals surface area contributed by atoms with Crippen molar-refractivity contribution in [3.8, 4) is 5.75 Å². The van der Waals surface area contributed by atoms with Gasteiger partial charge in [-0.1, -0.05) is 12.1 Å². The fourth-order valence-corrected chi connectivity index (χ4v) is 1.66. The molecule has 0 saturated heterocycles. The zero-order valence-corrected chi connectivity index (χ0v) is 8.05. The summed E-state index contributed by atoms with van der Waals surface area (Å²) in [6.07, 6.45) is 0. The molecule has 0 amide bonds. The van der Waals surface area contributed by atoms with Gasteiger partial charge in [-0.05, 0) is 12.1 Å². The molecule has 0 aliphatic heterocycles. The number of aromatic nitrogens is 1. The first-order valence-corrected chi connectivity index (χ1v) is 4.66. The number of aromatic hydroxyl groups is 1. The van der Waals surface area contributed by atoms with E-state index in [-0.39, 0.29) is 24.5 Å². The maximum absolute atomic E-state index is 11.5. The molecule has 4 heteroatoms. The van der Waals surface area contributed by atoms with Gasteiger partial charge in [0, 0.05) is 18.0 Å². The number of pyridine rings is 1. The molecule has 0 unspecified atom stereocenters. The van der Waals surface area contributed by atoms with E-state index < -0.39 is 0 Å². The summed E-state index contributed by atoms with van der Waals surface area (Å²) >= 11 is 0. The van der Waals surface area contributed by atoms with Crippen molar-refractivity contribution in [1.29, 1.82) is 0 Å². The first kappa shape index (κ1) is 9.73. The molecule has 0 saturated carbocycles. The summed E-state index contributed by atoms with van der Waals surface area (Å²) in [6.45, 7) is 0.0566. The van der Waals surface area contributed by atoms with E-state index in [1.54, 1.807) is 12.1 Å². The number of fused-ring (bicyclic) bond motifs is 1. The van der Waals surface area contributed by atoms with Crippen LogP contribution in [0.2, 0.25) is 0 Å². The zero-order chi connectivity index (χ0) is 10.8. The van der Waals surface area contributed by atoms with Crippen LogP contribution in [0.4, 0.5) is 0 Å². The average Bonchev–Trinajstić information content (AvgIpc) is 2.23. The van der Waals surface area contributed by atoms with Gasteiger partial charge in [0.2, 0.25) is 0 Å². The minimum absolute atomic E-state index is 0.0543. The molecule has 0 radical (unpaired) electrons. The molecule has 78 valence electrons. The van der Waals surface area contributed by atoms with E-state index in [1.165, 1.54) is 16.7 Å². The third-order valence-electron chi connectivity index (χ3n) is 2.31. The van der Waals surface area contributed by atoms with E-state index in [4.69, 9.17) is 5.11 Å². The maximum atomic E-state index is 11.5. The molecule has 4 nitrogen and oxygen atoms in total. The second-order valence-electron chi connectivity index (χ2n) is 3.26. The van der Waals surface area contributed by atoms with Crippen LogP contribution in [0.3, 0.4) is 0 Å². The highest BCUT2D eigenvalue weighted by Crippen LogP contribution is 2.22. The molecule has 0 fully saturated rings. The van der Waals surface area contributed by atoms with Gasteiger partial charge in [0.1, 0.15) is 5.75 Å². The Kier molecular flexibility index (Phi) is 2.43. The van der Waals surface area contributed by atoms with Gasteiger partial charge >= 0.3 is 0 Å². The summed E-state index contributed by atoms with van der Waals surface area (Å²) in [7, 11) is 0. The molecule has 1 aromatic carbocycles. The summed E-state index contributed by atoms with van der Waals surface area (Å²) in [5.41, 5.74) is 0.247. The first-order valence-electron chi connectivity index (χ1n) is 4.66. The average molecular weight is 205 g/mol. The molecule has 1 aromatic heterocycles. The SMILES string of the molecule is O=c1ccc2cccc(O)c2n1CCO. The van der Waals surface area contributed by atoms with Gasteiger partial charge in [-0.15, -0.1) is 0 Å². The van der Waals surface area contributed by atoms with Crippen molar-refractivity contribution >= 4 is 10.9 Å². The number of aliphatic hydroxyl groups is 1. The first-order chi connectivity index (χ1) is 7.24. The number of phenols is 1. The number of aliphatic hydroxyl groups excluding tert-OH is 1. The smallest absolute Gasteiger partial charge is 0.251 e. The van der Waals surface area contributed by atoms with Crippen LogP contribution in [0.5, 0.6) is 5.75 Å². The summed E-state index contributed by atoms with van der Waals surface area (Å²) < 4.78 is 1.37. The Morgan fingerprint density at radius 2 is 2.00 bits per heavy atom. The topological polar surface area (TPSA) is 62.5 Å². The normalized spacial score (nSPS) is 10.7. The third kappa shape index (κ3) is 1.59. The van der Waals surface area contributed by atoms with Crippen molar-refractivity contribution in [3.05, 3.63) is 40.7 Å². The number of benzene rings is 1. The molecule has 0 atom stereocenters. The van der Waals surface area contributed by atoms with Crippen molar-refractivity contribution < 1.29 is 10.2 Å². The molecule has 15 heavy (non-hydrogen) atoms. The number of para-hydroxylation sites is 1. The Bertz CT molecular complexity index is 545. The number of rotatable bonds is 2. The molecule has 2 aromatic rings. The van der Waals surface area contributed by atoms with Crippen LogP contribution in [0.25, 0.3) is 10.9 Å². The fraction of sp³-hybridized carbons (Fsp3) is 0.182. The highest BCUT2D eigenvalue weighted by Gasteiger charge is 2.05. The van der Waals surface area contributed by atoms with Gasteiger partial charge in [0.25, 0.3) is 5.56 Å². The van der Waals surface area contributed by atoms with E-state index in [2.05, 4.69) is 0 Å². The van der Waals surface area contributed by atoms with Crippen LogP contribution in [0, 0.1) is 0 Å². The van der Waals surface area contributed by atoms with Gasteiger partial charge in [-0.2, -0.15) is 0 Å². The number of hydrogen-bond donors (Lipinski definition) is 2.